The Morgan fingerprint density at radius 2 is 1.89 bits per heavy atom. The summed E-state index contributed by atoms with van der Waals surface area (Å²) in [5, 5.41) is 15.0. The van der Waals surface area contributed by atoms with Gasteiger partial charge in [-0.05, 0) is 36.6 Å². The number of hydrogen-bond acceptors (Lipinski definition) is 6. The fourth-order valence-electron chi connectivity index (χ4n) is 2.42. The van der Waals surface area contributed by atoms with E-state index in [1.807, 2.05) is 13.8 Å². The van der Waals surface area contributed by atoms with Gasteiger partial charge < -0.3 is 10.1 Å². The number of carbonyl (C=O) groups excluding carboxylic acids is 2. The molecule has 0 aliphatic rings. The first-order chi connectivity index (χ1) is 12.9. The number of unbranched alkanes of at least 4 members (excludes halogenated alkanes) is 1. The van der Waals surface area contributed by atoms with Gasteiger partial charge in [0.1, 0.15) is 16.8 Å². The molecular weight excluding hydrogens is 364 g/mol. The Balaban J connectivity index is 2.01. The zero-order valence-corrected chi connectivity index (χ0v) is 16.9. The molecule has 0 aliphatic carbocycles. The molecule has 8 heteroatoms. The molecule has 1 heterocycles. The van der Waals surface area contributed by atoms with E-state index in [-0.39, 0.29) is 17.7 Å². The van der Waals surface area contributed by atoms with Gasteiger partial charge in [0.2, 0.25) is 11.0 Å². The van der Waals surface area contributed by atoms with E-state index in [1.165, 1.54) is 11.3 Å². The normalized spacial score (nSPS) is 11.9. The van der Waals surface area contributed by atoms with Gasteiger partial charge in [-0.1, -0.05) is 38.5 Å². The zero-order valence-electron chi connectivity index (χ0n) is 16.1. The first-order valence-electron chi connectivity index (χ1n) is 9.02. The molecule has 7 nitrogen and oxygen atoms in total. The largest absolute Gasteiger partial charge is 0.497 e. The van der Waals surface area contributed by atoms with Crippen molar-refractivity contribution in [3.63, 3.8) is 0 Å². The zero-order chi connectivity index (χ0) is 19.8. The summed E-state index contributed by atoms with van der Waals surface area (Å²) >= 11 is 1.37. The average Bonchev–Trinajstić information content (AvgIpc) is 3.11. The first-order valence-corrected chi connectivity index (χ1v) is 9.84. The van der Waals surface area contributed by atoms with Gasteiger partial charge >= 0.3 is 0 Å². The Hall–Kier alpha value is -2.48. The number of anilines is 1. The van der Waals surface area contributed by atoms with Crippen molar-refractivity contribution in [2.45, 2.75) is 46.1 Å². The highest BCUT2D eigenvalue weighted by atomic mass is 32.1. The lowest BCUT2D eigenvalue weighted by Crippen LogP contribution is -2.47. The summed E-state index contributed by atoms with van der Waals surface area (Å²) in [7, 11) is 1.56. The molecule has 1 aromatic carbocycles. The third kappa shape index (κ3) is 6.02. The Bertz CT molecular complexity index is 759. The lowest BCUT2D eigenvalue weighted by atomic mass is 10.0. The smallest absolute Gasteiger partial charge is 0.251 e. The molecule has 146 valence electrons. The number of rotatable bonds is 9. The lowest BCUT2D eigenvalue weighted by molar-refractivity contribution is -0.118. The topological polar surface area (TPSA) is 93.2 Å². The minimum atomic E-state index is -0.678. The van der Waals surface area contributed by atoms with Gasteiger partial charge in [0.25, 0.3) is 5.91 Å². The molecule has 1 atom stereocenters. The van der Waals surface area contributed by atoms with E-state index in [2.05, 4.69) is 27.8 Å². The minimum absolute atomic E-state index is 0.0836. The number of aryl methyl sites for hydroxylation is 1. The second-order valence-corrected chi connectivity index (χ2v) is 7.58. The van der Waals surface area contributed by atoms with E-state index in [9.17, 15) is 9.59 Å². The summed E-state index contributed by atoms with van der Waals surface area (Å²) < 4.78 is 5.09. The molecule has 0 radical (unpaired) electrons. The highest BCUT2D eigenvalue weighted by Crippen LogP contribution is 2.18. The van der Waals surface area contributed by atoms with Crippen molar-refractivity contribution in [3.8, 4) is 5.75 Å². The predicted molar refractivity (Wildman–Crippen MR) is 106 cm³/mol. The van der Waals surface area contributed by atoms with Gasteiger partial charge in [-0.15, -0.1) is 10.2 Å². The summed E-state index contributed by atoms with van der Waals surface area (Å²) in [6.45, 7) is 5.87. The van der Waals surface area contributed by atoms with Crippen LogP contribution in [0.5, 0.6) is 5.75 Å². The number of amides is 2. The van der Waals surface area contributed by atoms with Crippen molar-refractivity contribution in [1.29, 1.82) is 0 Å². The first kappa shape index (κ1) is 20.8. The fourth-order valence-corrected chi connectivity index (χ4v) is 3.20. The quantitative estimate of drug-likeness (QED) is 0.685. The molecule has 0 aliphatic heterocycles. The summed E-state index contributed by atoms with van der Waals surface area (Å²) in [5.41, 5.74) is 0.465. The van der Waals surface area contributed by atoms with Crippen molar-refractivity contribution in [3.05, 3.63) is 34.8 Å². The lowest BCUT2D eigenvalue weighted by Gasteiger charge is -2.21. The molecular formula is C19H26N4O3S. The van der Waals surface area contributed by atoms with Crippen molar-refractivity contribution in [2.24, 2.45) is 5.92 Å². The summed E-state index contributed by atoms with van der Waals surface area (Å²) in [4.78, 5) is 25.1. The number of benzene rings is 1. The van der Waals surface area contributed by atoms with Crippen LogP contribution in [0.4, 0.5) is 5.13 Å². The van der Waals surface area contributed by atoms with E-state index in [0.717, 1.165) is 24.3 Å². The fraction of sp³-hybridized carbons (Fsp3) is 0.474. The van der Waals surface area contributed by atoms with E-state index in [4.69, 9.17) is 4.74 Å². The molecule has 0 spiro atoms. The van der Waals surface area contributed by atoms with Crippen molar-refractivity contribution in [1.82, 2.24) is 15.5 Å². The molecule has 2 rings (SSSR count). The standard InChI is InChI=1S/C19H26N4O3S/c1-5-6-7-15-22-23-19(27-15)21-18(25)16(12(2)3)20-17(24)13-8-10-14(26-4)11-9-13/h8-12,16H,5-7H2,1-4H3,(H,20,24)(H,21,23,25). The van der Waals surface area contributed by atoms with Crippen LogP contribution in [0.2, 0.25) is 0 Å². The second-order valence-electron chi connectivity index (χ2n) is 6.52. The van der Waals surface area contributed by atoms with E-state index in [1.54, 1.807) is 31.4 Å². The van der Waals surface area contributed by atoms with Crippen LogP contribution in [0.3, 0.4) is 0 Å². The number of ether oxygens (including phenoxy) is 1. The van der Waals surface area contributed by atoms with Gasteiger partial charge in [0.05, 0.1) is 7.11 Å². The Kier molecular flexibility index (Phi) is 7.72. The van der Waals surface area contributed by atoms with E-state index >= 15 is 0 Å². The number of aromatic nitrogens is 2. The number of nitrogens with zero attached hydrogens (tertiary/aromatic N) is 2. The second kappa shape index (κ2) is 10.0. The van der Waals surface area contributed by atoms with E-state index in [0.29, 0.717) is 16.4 Å². The molecule has 1 unspecified atom stereocenters. The van der Waals surface area contributed by atoms with Gasteiger partial charge in [0.15, 0.2) is 0 Å². The van der Waals surface area contributed by atoms with Crippen LogP contribution in [0.15, 0.2) is 24.3 Å². The molecule has 0 fully saturated rings. The molecule has 1 aromatic heterocycles. The monoisotopic (exact) mass is 390 g/mol. The molecule has 2 amide bonds. The maximum Gasteiger partial charge on any atom is 0.251 e. The van der Waals surface area contributed by atoms with Crippen LogP contribution in [-0.2, 0) is 11.2 Å². The number of nitrogens with one attached hydrogen (secondary N) is 2. The van der Waals surface area contributed by atoms with Gasteiger partial charge in [-0.3, -0.25) is 14.9 Å². The summed E-state index contributed by atoms with van der Waals surface area (Å²) in [5.74, 6) is -0.0306. The van der Waals surface area contributed by atoms with Crippen molar-refractivity contribution in [2.75, 3.05) is 12.4 Å². The maximum atomic E-state index is 12.6. The maximum absolute atomic E-state index is 12.6. The number of hydrogen-bond donors (Lipinski definition) is 2. The van der Waals surface area contributed by atoms with Crippen LogP contribution in [0.1, 0.15) is 49.0 Å². The van der Waals surface area contributed by atoms with Crippen molar-refractivity contribution >= 4 is 28.3 Å². The minimum Gasteiger partial charge on any atom is -0.497 e. The third-order valence-electron chi connectivity index (χ3n) is 4.03. The van der Waals surface area contributed by atoms with Gasteiger partial charge in [-0.25, -0.2) is 0 Å². The van der Waals surface area contributed by atoms with Gasteiger partial charge in [0, 0.05) is 12.0 Å². The number of carbonyl (C=O) groups is 2. The van der Waals surface area contributed by atoms with Gasteiger partial charge in [-0.2, -0.15) is 0 Å². The van der Waals surface area contributed by atoms with Crippen LogP contribution in [-0.4, -0.2) is 35.2 Å². The van der Waals surface area contributed by atoms with Crippen LogP contribution in [0.25, 0.3) is 0 Å². The highest BCUT2D eigenvalue weighted by Gasteiger charge is 2.25. The van der Waals surface area contributed by atoms with Crippen LogP contribution < -0.4 is 15.4 Å². The Labute approximate surface area is 163 Å². The predicted octanol–water partition coefficient (Wildman–Crippen LogP) is 3.28. The van der Waals surface area contributed by atoms with Crippen LogP contribution >= 0.6 is 11.3 Å². The van der Waals surface area contributed by atoms with Crippen LogP contribution in [0, 0.1) is 5.92 Å². The summed E-state index contributed by atoms with van der Waals surface area (Å²) in [6, 6.07) is 6.06. The Morgan fingerprint density at radius 1 is 1.19 bits per heavy atom. The molecule has 2 N–H and O–H groups in total. The third-order valence-corrected chi connectivity index (χ3v) is 4.93. The molecule has 2 aromatic rings. The number of methoxy groups -OCH3 is 1. The molecule has 0 bridgehead atoms. The van der Waals surface area contributed by atoms with E-state index < -0.39 is 6.04 Å². The summed E-state index contributed by atoms with van der Waals surface area (Å²) in [6.07, 6.45) is 2.97. The average molecular weight is 391 g/mol. The van der Waals surface area contributed by atoms with Crippen molar-refractivity contribution < 1.29 is 14.3 Å². The molecule has 0 saturated carbocycles. The Morgan fingerprint density at radius 3 is 2.48 bits per heavy atom. The molecule has 0 saturated heterocycles. The highest BCUT2D eigenvalue weighted by molar-refractivity contribution is 7.15. The SMILES string of the molecule is CCCCc1nnc(NC(=O)C(NC(=O)c2ccc(OC)cc2)C(C)C)s1. The molecule has 27 heavy (non-hydrogen) atoms.